The first-order valence-electron chi connectivity index (χ1n) is 4.36. The van der Waals surface area contributed by atoms with E-state index in [2.05, 4.69) is 0 Å². The fourth-order valence-corrected chi connectivity index (χ4v) is 1.19. The predicted molar refractivity (Wildman–Crippen MR) is 53.3 cm³/mol. The van der Waals surface area contributed by atoms with E-state index in [0.717, 1.165) is 0 Å². The van der Waals surface area contributed by atoms with Crippen LogP contribution in [0.1, 0.15) is 18.5 Å². The minimum absolute atomic E-state index is 0.0687. The third-order valence-electron chi connectivity index (χ3n) is 2.11. The summed E-state index contributed by atoms with van der Waals surface area (Å²) in [6.07, 6.45) is -0.715. The lowest BCUT2D eigenvalue weighted by Gasteiger charge is -2.17. The van der Waals surface area contributed by atoms with Gasteiger partial charge in [-0.3, -0.25) is 0 Å². The zero-order valence-corrected chi connectivity index (χ0v) is 8.27. The molecule has 14 heavy (non-hydrogen) atoms. The van der Waals surface area contributed by atoms with Gasteiger partial charge in [-0.25, -0.2) is 0 Å². The van der Waals surface area contributed by atoms with Crippen LogP contribution < -0.4 is 10.5 Å². The van der Waals surface area contributed by atoms with Gasteiger partial charge in [0.25, 0.3) is 0 Å². The van der Waals surface area contributed by atoms with E-state index in [4.69, 9.17) is 10.5 Å². The Labute approximate surface area is 82.9 Å². The Kier molecular flexibility index (Phi) is 3.33. The third kappa shape index (κ3) is 2.16. The van der Waals surface area contributed by atoms with Crippen molar-refractivity contribution in [1.82, 2.24) is 0 Å². The zero-order valence-electron chi connectivity index (χ0n) is 8.27. The zero-order chi connectivity index (χ0) is 10.7. The fraction of sp³-hybridized carbons (Fsp3) is 0.400. The van der Waals surface area contributed by atoms with E-state index in [1.165, 1.54) is 13.2 Å². The topological polar surface area (TPSA) is 75.7 Å². The maximum Gasteiger partial charge on any atom is 0.120 e. The summed E-state index contributed by atoms with van der Waals surface area (Å²) >= 11 is 0. The summed E-state index contributed by atoms with van der Waals surface area (Å²) < 4.78 is 4.99. The normalized spacial score (nSPS) is 14.9. The maximum atomic E-state index is 9.50. The molecule has 0 saturated carbocycles. The molecule has 1 rings (SSSR count). The molecule has 0 fully saturated rings. The van der Waals surface area contributed by atoms with Crippen molar-refractivity contribution in [3.8, 4) is 11.5 Å². The summed E-state index contributed by atoms with van der Waals surface area (Å²) in [7, 11) is 1.53. The van der Waals surface area contributed by atoms with Crippen molar-refractivity contribution in [2.45, 2.75) is 19.1 Å². The molecule has 0 heterocycles. The van der Waals surface area contributed by atoms with Gasteiger partial charge in [0.15, 0.2) is 0 Å². The SMILES string of the molecule is COc1ccc(O)c([C@H](N)[C@H](C)O)c1. The van der Waals surface area contributed by atoms with Crippen LogP contribution in [-0.2, 0) is 0 Å². The van der Waals surface area contributed by atoms with Crippen LogP contribution in [0, 0.1) is 0 Å². The Bertz CT molecular complexity index is 312. The van der Waals surface area contributed by atoms with Crippen LogP contribution in [0.5, 0.6) is 11.5 Å². The molecule has 1 aromatic carbocycles. The molecule has 0 aliphatic rings. The van der Waals surface area contributed by atoms with Gasteiger partial charge >= 0.3 is 0 Å². The Morgan fingerprint density at radius 3 is 2.57 bits per heavy atom. The summed E-state index contributed by atoms with van der Waals surface area (Å²) in [5, 5.41) is 18.8. The molecule has 2 atom stereocenters. The average molecular weight is 197 g/mol. The summed E-state index contributed by atoms with van der Waals surface area (Å²) in [6, 6.07) is 4.14. The molecule has 4 nitrogen and oxygen atoms in total. The maximum absolute atomic E-state index is 9.50. The lowest BCUT2D eigenvalue weighted by atomic mass is 10.0. The molecule has 0 bridgehead atoms. The Morgan fingerprint density at radius 1 is 1.43 bits per heavy atom. The molecule has 0 aliphatic carbocycles. The number of aliphatic hydroxyl groups excluding tert-OH is 1. The van der Waals surface area contributed by atoms with Gasteiger partial charge in [0.05, 0.1) is 19.3 Å². The monoisotopic (exact) mass is 197 g/mol. The number of methoxy groups -OCH3 is 1. The van der Waals surface area contributed by atoms with E-state index in [0.29, 0.717) is 11.3 Å². The number of benzene rings is 1. The minimum atomic E-state index is -0.715. The van der Waals surface area contributed by atoms with Crippen molar-refractivity contribution >= 4 is 0 Å². The fourth-order valence-electron chi connectivity index (χ4n) is 1.19. The quantitative estimate of drug-likeness (QED) is 0.669. The number of aliphatic hydroxyl groups is 1. The van der Waals surface area contributed by atoms with Gasteiger partial charge in [0.1, 0.15) is 11.5 Å². The van der Waals surface area contributed by atoms with Gasteiger partial charge in [-0.05, 0) is 25.1 Å². The molecular weight excluding hydrogens is 182 g/mol. The van der Waals surface area contributed by atoms with E-state index in [1.54, 1.807) is 19.1 Å². The van der Waals surface area contributed by atoms with Crippen molar-refractivity contribution in [2.75, 3.05) is 7.11 Å². The van der Waals surface area contributed by atoms with Gasteiger partial charge in [0, 0.05) is 5.56 Å². The van der Waals surface area contributed by atoms with E-state index >= 15 is 0 Å². The van der Waals surface area contributed by atoms with E-state index in [-0.39, 0.29) is 5.75 Å². The van der Waals surface area contributed by atoms with E-state index < -0.39 is 12.1 Å². The lowest BCUT2D eigenvalue weighted by Crippen LogP contribution is -2.23. The van der Waals surface area contributed by atoms with Crippen LogP contribution in [-0.4, -0.2) is 23.4 Å². The molecule has 0 radical (unpaired) electrons. The highest BCUT2D eigenvalue weighted by atomic mass is 16.5. The number of ether oxygens (including phenoxy) is 1. The molecule has 0 saturated heterocycles. The predicted octanol–water partition coefficient (Wildman–Crippen LogP) is 0.781. The van der Waals surface area contributed by atoms with Crippen molar-refractivity contribution in [3.05, 3.63) is 23.8 Å². The van der Waals surface area contributed by atoms with E-state index in [9.17, 15) is 10.2 Å². The molecule has 0 aliphatic heterocycles. The molecule has 4 N–H and O–H groups in total. The highest BCUT2D eigenvalue weighted by Crippen LogP contribution is 2.28. The molecule has 0 unspecified atom stereocenters. The minimum Gasteiger partial charge on any atom is -0.508 e. The molecule has 4 heteroatoms. The Morgan fingerprint density at radius 2 is 2.07 bits per heavy atom. The van der Waals surface area contributed by atoms with Gasteiger partial charge < -0.3 is 20.7 Å². The highest BCUT2D eigenvalue weighted by molar-refractivity contribution is 5.41. The van der Waals surface area contributed by atoms with E-state index in [1.807, 2.05) is 0 Å². The molecular formula is C10H15NO3. The second-order valence-electron chi connectivity index (χ2n) is 3.19. The standard InChI is InChI=1S/C10H15NO3/c1-6(12)10(11)8-5-7(14-2)3-4-9(8)13/h3-6,10,12-13H,11H2,1-2H3/t6-,10+/m0/s1. The number of nitrogens with two attached hydrogens (primary N) is 1. The number of hydrogen-bond acceptors (Lipinski definition) is 4. The van der Waals surface area contributed by atoms with Gasteiger partial charge in [-0.2, -0.15) is 0 Å². The summed E-state index contributed by atoms with van der Waals surface area (Å²) in [4.78, 5) is 0. The van der Waals surface area contributed by atoms with Crippen molar-refractivity contribution in [3.63, 3.8) is 0 Å². The largest absolute Gasteiger partial charge is 0.508 e. The Balaban J connectivity index is 3.05. The van der Waals surface area contributed by atoms with Crippen molar-refractivity contribution < 1.29 is 14.9 Å². The second-order valence-corrected chi connectivity index (χ2v) is 3.19. The smallest absolute Gasteiger partial charge is 0.120 e. The third-order valence-corrected chi connectivity index (χ3v) is 2.11. The molecule has 0 spiro atoms. The molecule has 78 valence electrons. The average Bonchev–Trinajstić information content (AvgIpc) is 2.17. The number of aromatic hydroxyl groups is 1. The molecule has 1 aromatic rings. The first-order valence-corrected chi connectivity index (χ1v) is 4.36. The summed E-state index contributed by atoms with van der Waals surface area (Å²) in [6.45, 7) is 1.57. The summed E-state index contributed by atoms with van der Waals surface area (Å²) in [5.74, 6) is 0.674. The highest BCUT2D eigenvalue weighted by Gasteiger charge is 2.16. The van der Waals surface area contributed by atoms with Crippen molar-refractivity contribution in [1.29, 1.82) is 0 Å². The first-order chi connectivity index (χ1) is 6.56. The van der Waals surface area contributed by atoms with Crippen LogP contribution in [0.25, 0.3) is 0 Å². The van der Waals surface area contributed by atoms with Crippen molar-refractivity contribution in [2.24, 2.45) is 5.73 Å². The van der Waals surface area contributed by atoms with Crippen LogP contribution in [0.15, 0.2) is 18.2 Å². The lowest BCUT2D eigenvalue weighted by molar-refractivity contribution is 0.162. The number of rotatable bonds is 3. The summed E-state index contributed by atoms with van der Waals surface area (Å²) in [5.41, 5.74) is 6.18. The molecule has 0 amide bonds. The number of phenolic OH excluding ortho intramolecular Hbond substituents is 1. The Hall–Kier alpha value is -1.26. The molecule has 0 aromatic heterocycles. The van der Waals surface area contributed by atoms with Crippen LogP contribution in [0.4, 0.5) is 0 Å². The number of phenols is 1. The van der Waals surface area contributed by atoms with Gasteiger partial charge in [-0.1, -0.05) is 0 Å². The van der Waals surface area contributed by atoms with Gasteiger partial charge in [0.2, 0.25) is 0 Å². The van der Waals surface area contributed by atoms with Gasteiger partial charge in [-0.15, -0.1) is 0 Å². The van der Waals surface area contributed by atoms with Crippen LogP contribution in [0.3, 0.4) is 0 Å². The number of hydrogen-bond donors (Lipinski definition) is 3. The first kappa shape index (κ1) is 10.8. The van der Waals surface area contributed by atoms with Crippen LogP contribution in [0.2, 0.25) is 0 Å². The van der Waals surface area contributed by atoms with Crippen LogP contribution >= 0.6 is 0 Å². The second kappa shape index (κ2) is 4.30.